The van der Waals surface area contributed by atoms with E-state index in [1.54, 1.807) is 0 Å². The number of hydrogen-bond donors (Lipinski definition) is 1. The Kier molecular flexibility index (Phi) is 4.96. The molecule has 1 aromatic heterocycles. The molecule has 0 aliphatic heterocycles. The fourth-order valence-corrected chi connectivity index (χ4v) is 1.93. The van der Waals surface area contributed by atoms with Gasteiger partial charge in [0, 0.05) is 23.9 Å². The summed E-state index contributed by atoms with van der Waals surface area (Å²) in [4.78, 5) is 16.2. The number of amides is 1. The molecule has 0 bridgehead atoms. The highest BCUT2D eigenvalue weighted by molar-refractivity contribution is 5.76. The second-order valence-electron chi connectivity index (χ2n) is 6.16. The normalized spacial score (nSPS) is 11.5. The summed E-state index contributed by atoms with van der Waals surface area (Å²) in [6, 6.07) is 7.93. The summed E-state index contributed by atoms with van der Waals surface area (Å²) in [5.41, 5.74) is 1.92. The van der Waals surface area contributed by atoms with Gasteiger partial charge in [0.15, 0.2) is 0 Å². The SMILES string of the molecule is CCC(C)(C)NC(=O)CCc1nc(-c2ccc(C)cc2)no1. The van der Waals surface area contributed by atoms with Crippen molar-refractivity contribution in [3.05, 3.63) is 35.7 Å². The predicted octanol–water partition coefficient (Wildman–Crippen LogP) is 3.28. The van der Waals surface area contributed by atoms with Crippen LogP contribution in [0, 0.1) is 6.92 Å². The van der Waals surface area contributed by atoms with Gasteiger partial charge in [0.2, 0.25) is 17.6 Å². The van der Waals surface area contributed by atoms with Crippen LogP contribution in [0.15, 0.2) is 28.8 Å². The molecule has 1 N–H and O–H groups in total. The quantitative estimate of drug-likeness (QED) is 0.889. The first-order valence-electron chi connectivity index (χ1n) is 7.60. The van der Waals surface area contributed by atoms with E-state index in [2.05, 4.69) is 15.5 Å². The van der Waals surface area contributed by atoms with Crippen molar-refractivity contribution in [3.8, 4) is 11.4 Å². The van der Waals surface area contributed by atoms with Crippen LogP contribution >= 0.6 is 0 Å². The van der Waals surface area contributed by atoms with Gasteiger partial charge in [-0.05, 0) is 27.2 Å². The van der Waals surface area contributed by atoms with Crippen molar-refractivity contribution in [1.82, 2.24) is 15.5 Å². The van der Waals surface area contributed by atoms with Gasteiger partial charge in [-0.3, -0.25) is 4.79 Å². The maximum Gasteiger partial charge on any atom is 0.227 e. The number of hydrogen-bond acceptors (Lipinski definition) is 4. The molecule has 2 rings (SSSR count). The van der Waals surface area contributed by atoms with E-state index in [-0.39, 0.29) is 11.4 Å². The van der Waals surface area contributed by atoms with Crippen LogP contribution in [0.3, 0.4) is 0 Å². The lowest BCUT2D eigenvalue weighted by Crippen LogP contribution is -2.42. The van der Waals surface area contributed by atoms with E-state index in [1.165, 1.54) is 5.56 Å². The van der Waals surface area contributed by atoms with Gasteiger partial charge in [0.1, 0.15) is 0 Å². The van der Waals surface area contributed by atoms with Crippen LogP contribution in [0.5, 0.6) is 0 Å². The summed E-state index contributed by atoms with van der Waals surface area (Å²) in [7, 11) is 0. The van der Waals surface area contributed by atoms with Crippen LogP contribution in [-0.2, 0) is 11.2 Å². The number of benzene rings is 1. The second kappa shape index (κ2) is 6.73. The van der Waals surface area contributed by atoms with Crippen LogP contribution in [0.1, 0.15) is 45.1 Å². The van der Waals surface area contributed by atoms with Crippen molar-refractivity contribution in [2.24, 2.45) is 0 Å². The van der Waals surface area contributed by atoms with Gasteiger partial charge in [-0.15, -0.1) is 0 Å². The molecule has 0 fully saturated rings. The van der Waals surface area contributed by atoms with E-state index in [4.69, 9.17) is 4.52 Å². The summed E-state index contributed by atoms with van der Waals surface area (Å²) in [5, 5.41) is 6.96. The maximum atomic E-state index is 11.9. The number of nitrogens with zero attached hydrogens (tertiary/aromatic N) is 2. The Morgan fingerprint density at radius 2 is 1.95 bits per heavy atom. The molecule has 1 aromatic carbocycles. The molecule has 1 heterocycles. The number of aromatic nitrogens is 2. The van der Waals surface area contributed by atoms with E-state index < -0.39 is 0 Å². The molecule has 0 radical (unpaired) electrons. The monoisotopic (exact) mass is 301 g/mol. The molecule has 2 aromatic rings. The number of carbonyl (C=O) groups is 1. The number of carbonyl (C=O) groups excluding carboxylic acids is 1. The average Bonchev–Trinajstić information content (AvgIpc) is 2.94. The number of rotatable bonds is 6. The molecular weight excluding hydrogens is 278 g/mol. The van der Waals surface area contributed by atoms with Crippen molar-refractivity contribution in [2.75, 3.05) is 0 Å². The maximum absolute atomic E-state index is 11.9. The molecule has 1 amide bonds. The zero-order valence-electron chi connectivity index (χ0n) is 13.6. The first-order valence-corrected chi connectivity index (χ1v) is 7.60. The van der Waals surface area contributed by atoms with Crippen molar-refractivity contribution in [2.45, 2.75) is 52.5 Å². The highest BCUT2D eigenvalue weighted by atomic mass is 16.5. The lowest BCUT2D eigenvalue weighted by atomic mass is 10.0. The van der Waals surface area contributed by atoms with Crippen LogP contribution in [-0.4, -0.2) is 21.6 Å². The fourth-order valence-electron chi connectivity index (χ4n) is 1.93. The first-order chi connectivity index (χ1) is 10.4. The minimum atomic E-state index is -0.182. The van der Waals surface area contributed by atoms with Crippen molar-refractivity contribution >= 4 is 5.91 Å². The Hall–Kier alpha value is -2.17. The smallest absolute Gasteiger partial charge is 0.227 e. The third-order valence-corrected chi connectivity index (χ3v) is 3.71. The van der Waals surface area contributed by atoms with Crippen LogP contribution < -0.4 is 5.32 Å². The minimum absolute atomic E-state index is 0.00179. The topological polar surface area (TPSA) is 68.0 Å². The third kappa shape index (κ3) is 4.41. The largest absolute Gasteiger partial charge is 0.351 e. The fraction of sp³-hybridized carbons (Fsp3) is 0.471. The van der Waals surface area contributed by atoms with Gasteiger partial charge in [0.25, 0.3) is 0 Å². The Bertz CT molecular complexity index is 630. The molecule has 118 valence electrons. The lowest BCUT2D eigenvalue weighted by molar-refractivity contribution is -0.122. The van der Waals surface area contributed by atoms with Gasteiger partial charge in [0.05, 0.1) is 0 Å². The Morgan fingerprint density at radius 1 is 1.27 bits per heavy atom. The molecule has 0 unspecified atom stereocenters. The van der Waals surface area contributed by atoms with Gasteiger partial charge in [-0.25, -0.2) is 0 Å². The molecule has 5 nitrogen and oxygen atoms in total. The van der Waals surface area contributed by atoms with Gasteiger partial charge in [-0.1, -0.05) is 41.9 Å². The van der Waals surface area contributed by atoms with Crippen molar-refractivity contribution in [1.29, 1.82) is 0 Å². The first kappa shape index (κ1) is 16.2. The van der Waals surface area contributed by atoms with Crippen molar-refractivity contribution in [3.63, 3.8) is 0 Å². The average molecular weight is 301 g/mol. The summed E-state index contributed by atoms with van der Waals surface area (Å²) in [5.74, 6) is 1.05. The van der Waals surface area contributed by atoms with Gasteiger partial charge in [-0.2, -0.15) is 4.98 Å². The number of nitrogens with one attached hydrogen (secondary N) is 1. The molecular formula is C17H23N3O2. The molecule has 5 heteroatoms. The third-order valence-electron chi connectivity index (χ3n) is 3.71. The standard InChI is InChI=1S/C17H23N3O2/c1-5-17(3,4)19-14(21)10-11-15-18-16(20-22-15)13-8-6-12(2)7-9-13/h6-9H,5,10-11H2,1-4H3,(H,19,21). The van der Waals surface area contributed by atoms with Crippen molar-refractivity contribution < 1.29 is 9.32 Å². The van der Waals surface area contributed by atoms with E-state index in [1.807, 2.05) is 52.0 Å². The second-order valence-corrected chi connectivity index (χ2v) is 6.16. The molecule has 22 heavy (non-hydrogen) atoms. The summed E-state index contributed by atoms with van der Waals surface area (Å²) >= 11 is 0. The summed E-state index contributed by atoms with van der Waals surface area (Å²) < 4.78 is 5.22. The molecule has 0 saturated heterocycles. The van der Waals surface area contributed by atoms with E-state index in [0.29, 0.717) is 24.6 Å². The van der Waals surface area contributed by atoms with E-state index in [9.17, 15) is 4.79 Å². The summed E-state index contributed by atoms with van der Waals surface area (Å²) in [6.45, 7) is 8.09. The Labute approximate surface area is 131 Å². The van der Waals surface area contributed by atoms with Crippen LogP contribution in [0.4, 0.5) is 0 Å². The van der Waals surface area contributed by atoms with Crippen LogP contribution in [0.2, 0.25) is 0 Å². The van der Waals surface area contributed by atoms with Gasteiger partial charge >= 0.3 is 0 Å². The predicted molar refractivity (Wildman–Crippen MR) is 85.3 cm³/mol. The zero-order valence-corrected chi connectivity index (χ0v) is 13.6. The van der Waals surface area contributed by atoms with Gasteiger partial charge < -0.3 is 9.84 Å². The number of aryl methyl sites for hydroxylation is 2. The highest BCUT2D eigenvalue weighted by Gasteiger charge is 2.18. The zero-order chi connectivity index (χ0) is 16.2. The summed E-state index contributed by atoms with van der Waals surface area (Å²) in [6.07, 6.45) is 1.68. The molecule has 0 aliphatic rings. The lowest BCUT2D eigenvalue weighted by Gasteiger charge is -2.24. The molecule has 0 saturated carbocycles. The molecule has 0 atom stereocenters. The van der Waals surface area contributed by atoms with Crippen LogP contribution in [0.25, 0.3) is 11.4 Å². The van der Waals surface area contributed by atoms with E-state index in [0.717, 1.165) is 12.0 Å². The molecule has 0 aliphatic carbocycles. The minimum Gasteiger partial charge on any atom is -0.351 e. The van der Waals surface area contributed by atoms with E-state index >= 15 is 0 Å². The Morgan fingerprint density at radius 3 is 2.59 bits per heavy atom. The molecule has 0 spiro atoms. The Balaban J connectivity index is 1.92. The highest BCUT2D eigenvalue weighted by Crippen LogP contribution is 2.17.